The van der Waals surface area contributed by atoms with E-state index < -0.39 is 0 Å². The normalized spacial score (nSPS) is 10.6. The fourth-order valence-corrected chi connectivity index (χ4v) is 3.30. The molecule has 1 heterocycles. The van der Waals surface area contributed by atoms with Crippen LogP contribution in [0.1, 0.15) is 21.6 Å². The number of hydrogen-bond donors (Lipinski definition) is 1. The van der Waals surface area contributed by atoms with Gasteiger partial charge in [-0.15, -0.1) is 0 Å². The number of anilines is 1. The summed E-state index contributed by atoms with van der Waals surface area (Å²) in [5.41, 5.74) is 4.80. The third-order valence-electron chi connectivity index (χ3n) is 4.69. The van der Waals surface area contributed by atoms with Crippen molar-refractivity contribution in [2.45, 2.75) is 6.42 Å². The van der Waals surface area contributed by atoms with E-state index in [-0.39, 0.29) is 5.91 Å². The van der Waals surface area contributed by atoms with Gasteiger partial charge in [-0.1, -0.05) is 78.9 Å². The third-order valence-corrected chi connectivity index (χ3v) is 4.69. The molecular formula is C24H21N3O. The first kappa shape index (κ1) is 17.7. The molecule has 4 rings (SSSR count). The summed E-state index contributed by atoms with van der Waals surface area (Å²) in [4.78, 5) is 17.4. The third kappa shape index (κ3) is 3.71. The molecular weight excluding hydrogens is 346 g/mol. The van der Waals surface area contributed by atoms with E-state index in [2.05, 4.69) is 29.6 Å². The highest BCUT2D eigenvalue weighted by molar-refractivity contribution is 6.03. The summed E-state index contributed by atoms with van der Waals surface area (Å²) in [5.74, 6) is 0.373. The lowest BCUT2D eigenvalue weighted by Crippen LogP contribution is -2.15. The first-order valence-corrected chi connectivity index (χ1v) is 9.23. The van der Waals surface area contributed by atoms with Crippen LogP contribution in [-0.4, -0.2) is 15.5 Å². The Labute approximate surface area is 164 Å². The molecule has 0 fully saturated rings. The van der Waals surface area contributed by atoms with Crippen molar-refractivity contribution < 1.29 is 4.79 Å². The molecule has 0 radical (unpaired) electrons. The van der Waals surface area contributed by atoms with Gasteiger partial charge in [0.05, 0.1) is 11.4 Å². The largest absolute Gasteiger partial charge is 0.313 e. The first-order valence-electron chi connectivity index (χ1n) is 9.23. The van der Waals surface area contributed by atoms with Crippen LogP contribution >= 0.6 is 0 Å². The number of carbonyl (C=O) groups is 1. The molecule has 1 aromatic heterocycles. The Kier molecular flexibility index (Phi) is 5.02. The fraction of sp³-hybridized carbons (Fsp3) is 0.0833. The number of aromatic nitrogens is 2. The van der Waals surface area contributed by atoms with Crippen LogP contribution in [0.15, 0.2) is 91.0 Å². The van der Waals surface area contributed by atoms with Gasteiger partial charge in [0, 0.05) is 24.6 Å². The van der Waals surface area contributed by atoms with Gasteiger partial charge in [-0.25, -0.2) is 4.98 Å². The van der Waals surface area contributed by atoms with Gasteiger partial charge in [0.1, 0.15) is 0 Å². The van der Waals surface area contributed by atoms with Crippen LogP contribution in [0.4, 0.5) is 5.95 Å². The Morgan fingerprint density at radius 3 is 2.07 bits per heavy atom. The minimum Gasteiger partial charge on any atom is -0.313 e. The molecule has 0 unspecified atom stereocenters. The molecule has 28 heavy (non-hydrogen) atoms. The molecule has 0 atom stereocenters. The lowest BCUT2D eigenvalue weighted by molar-refractivity contribution is 0.102. The van der Waals surface area contributed by atoms with Gasteiger partial charge in [-0.05, 0) is 17.7 Å². The van der Waals surface area contributed by atoms with Crippen molar-refractivity contribution in [2.75, 3.05) is 5.32 Å². The van der Waals surface area contributed by atoms with Gasteiger partial charge in [0.15, 0.2) is 0 Å². The molecule has 0 saturated carbocycles. The molecule has 0 saturated heterocycles. The molecule has 1 N–H and O–H groups in total. The smallest absolute Gasteiger partial charge is 0.257 e. The van der Waals surface area contributed by atoms with Crippen molar-refractivity contribution in [1.82, 2.24) is 9.55 Å². The zero-order valence-electron chi connectivity index (χ0n) is 15.7. The van der Waals surface area contributed by atoms with Crippen molar-refractivity contribution in [1.29, 1.82) is 0 Å². The lowest BCUT2D eigenvalue weighted by Gasteiger charge is -2.08. The van der Waals surface area contributed by atoms with E-state index >= 15 is 0 Å². The molecule has 4 nitrogen and oxygen atoms in total. The number of hydrogen-bond acceptors (Lipinski definition) is 2. The van der Waals surface area contributed by atoms with Gasteiger partial charge in [-0.3, -0.25) is 10.1 Å². The van der Waals surface area contributed by atoms with Crippen LogP contribution in [0.3, 0.4) is 0 Å². The molecule has 0 aliphatic rings. The zero-order chi connectivity index (χ0) is 19.3. The zero-order valence-corrected chi connectivity index (χ0v) is 15.7. The summed E-state index contributed by atoms with van der Waals surface area (Å²) in [6.07, 6.45) is 0.695. The van der Waals surface area contributed by atoms with E-state index in [1.54, 1.807) is 12.1 Å². The van der Waals surface area contributed by atoms with E-state index in [9.17, 15) is 4.79 Å². The number of amides is 1. The number of carbonyl (C=O) groups excluding carboxylic acids is 1. The Morgan fingerprint density at radius 2 is 1.43 bits per heavy atom. The van der Waals surface area contributed by atoms with Crippen LogP contribution in [0.5, 0.6) is 0 Å². The summed E-state index contributed by atoms with van der Waals surface area (Å²) < 4.78 is 1.95. The average Bonchev–Trinajstić information content (AvgIpc) is 3.04. The molecule has 138 valence electrons. The first-order chi connectivity index (χ1) is 13.7. The highest BCUT2D eigenvalue weighted by Gasteiger charge is 2.18. The van der Waals surface area contributed by atoms with Crippen molar-refractivity contribution in [2.24, 2.45) is 7.05 Å². The monoisotopic (exact) mass is 367 g/mol. The van der Waals surface area contributed by atoms with Crippen LogP contribution in [0.25, 0.3) is 11.3 Å². The van der Waals surface area contributed by atoms with E-state index in [4.69, 9.17) is 4.98 Å². The highest BCUT2D eigenvalue weighted by atomic mass is 16.1. The number of nitrogens with one attached hydrogen (secondary N) is 1. The Bertz CT molecular complexity index is 1070. The Balaban J connectivity index is 1.72. The van der Waals surface area contributed by atoms with E-state index in [0.29, 0.717) is 17.9 Å². The highest BCUT2D eigenvalue weighted by Crippen LogP contribution is 2.28. The lowest BCUT2D eigenvalue weighted by atomic mass is 10.0. The van der Waals surface area contributed by atoms with Gasteiger partial charge >= 0.3 is 0 Å². The minimum atomic E-state index is -0.167. The number of nitrogens with zero attached hydrogens (tertiary/aromatic N) is 2. The van der Waals surface area contributed by atoms with Crippen molar-refractivity contribution in [3.05, 3.63) is 108 Å². The van der Waals surface area contributed by atoms with Gasteiger partial charge in [-0.2, -0.15) is 0 Å². The topological polar surface area (TPSA) is 46.9 Å². The second-order valence-electron chi connectivity index (χ2n) is 6.64. The number of imidazole rings is 1. The maximum absolute atomic E-state index is 12.6. The average molecular weight is 367 g/mol. The van der Waals surface area contributed by atoms with Crippen molar-refractivity contribution >= 4 is 11.9 Å². The summed E-state index contributed by atoms with van der Waals surface area (Å²) >= 11 is 0. The van der Waals surface area contributed by atoms with Crippen LogP contribution in [0.2, 0.25) is 0 Å². The molecule has 0 aliphatic heterocycles. The van der Waals surface area contributed by atoms with Crippen LogP contribution in [-0.2, 0) is 13.5 Å². The van der Waals surface area contributed by atoms with Crippen molar-refractivity contribution in [3.8, 4) is 11.3 Å². The van der Waals surface area contributed by atoms with Gasteiger partial charge < -0.3 is 4.57 Å². The maximum Gasteiger partial charge on any atom is 0.257 e. The molecule has 1 amide bonds. The Hall–Kier alpha value is -3.66. The SMILES string of the molecule is Cn1c(NC(=O)c2ccccc2)nc(Cc2ccccc2)c1-c1ccccc1. The standard InChI is InChI=1S/C24H21N3O/c1-27-22(19-13-7-3-8-14-19)21(17-18-11-5-2-6-12-18)25-24(27)26-23(28)20-15-9-4-10-16-20/h2-16H,17H2,1H3,(H,25,26,28). The van der Waals surface area contributed by atoms with Crippen LogP contribution in [0, 0.1) is 0 Å². The van der Waals surface area contributed by atoms with E-state index in [1.807, 2.05) is 66.2 Å². The molecule has 3 aromatic carbocycles. The maximum atomic E-state index is 12.6. The van der Waals surface area contributed by atoms with E-state index in [1.165, 1.54) is 5.56 Å². The molecule has 0 bridgehead atoms. The molecule has 0 aliphatic carbocycles. The van der Waals surface area contributed by atoms with Crippen molar-refractivity contribution in [3.63, 3.8) is 0 Å². The summed E-state index contributed by atoms with van der Waals surface area (Å²) in [6.45, 7) is 0. The predicted molar refractivity (Wildman–Crippen MR) is 112 cm³/mol. The molecule has 4 heteroatoms. The summed E-state index contributed by atoms with van der Waals surface area (Å²) in [7, 11) is 1.93. The summed E-state index contributed by atoms with van der Waals surface area (Å²) in [6, 6.07) is 29.6. The van der Waals surface area contributed by atoms with E-state index in [0.717, 1.165) is 17.0 Å². The van der Waals surface area contributed by atoms with Gasteiger partial charge in [0.25, 0.3) is 5.91 Å². The quantitative estimate of drug-likeness (QED) is 0.544. The minimum absolute atomic E-state index is 0.167. The Morgan fingerprint density at radius 1 is 0.857 bits per heavy atom. The molecule has 0 spiro atoms. The second-order valence-corrected chi connectivity index (χ2v) is 6.64. The van der Waals surface area contributed by atoms with Crippen LogP contribution < -0.4 is 5.32 Å². The fourth-order valence-electron chi connectivity index (χ4n) is 3.30. The summed E-state index contributed by atoms with van der Waals surface area (Å²) in [5, 5.41) is 2.96. The predicted octanol–water partition coefficient (Wildman–Crippen LogP) is 4.93. The molecule has 4 aromatic rings. The second kappa shape index (κ2) is 7.92. The van der Waals surface area contributed by atoms with Gasteiger partial charge in [0.2, 0.25) is 5.95 Å². The number of benzene rings is 3. The number of rotatable bonds is 5.